The molecular weight excluding hydrogens is 372 g/mol. The van der Waals surface area contributed by atoms with Gasteiger partial charge in [-0.15, -0.1) is 0 Å². The summed E-state index contributed by atoms with van der Waals surface area (Å²) in [5.41, 5.74) is 2.13. The van der Waals surface area contributed by atoms with Crippen LogP contribution in [-0.2, 0) is 9.53 Å². The minimum atomic E-state index is -0.730. The molecule has 2 heterocycles. The van der Waals surface area contributed by atoms with E-state index >= 15 is 0 Å². The van der Waals surface area contributed by atoms with Gasteiger partial charge in [0.2, 0.25) is 0 Å². The second kappa shape index (κ2) is 8.20. The summed E-state index contributed by atoms with van der Waals surface area (Å²) >= 11 is 1.69. The van der Waals surface area contributed by atoms with E-state index in [-0.39, 0.29) is 12.0 Å². The maximum Gasteiger partial charge on any atom is 0.306 e. The molecule has 3 aromatic rings. The van der Waals surface area contributed by atoms with Gasteiger partial charge in [0.15, 0.2) is 0 Å². The van der Waals surface area contributed by atoms with Crippen LogP contribution in [0.15, 0.2) is 70.7 Å². The van der Waals surface area contributed by atoms with Crippen molar-refractivity contribution in [3.8, 4) is 5.69 Å². The highest BCUT2D eigenvalue weighted by atomic mass is 32.2. The summed E-state index contributed by atoms with van der Waals surface area (Å²) in [6, 6.07) is 16.6. The number of aliphatic carboxylic acids is 1. The van der Waals surface area contributed by atoms with Gasteiger partial charge in [-0.25, -0.2) is 4.98 Å². The minimum Gasteiger partial charge on any atom is -0.481 e. The monoisotopic (exact) mass is 394 g/mol. The van der Waals surface area contributed by atoms with Crippen molar-refractivity contribution in [2.75, 3.05) is 6.61 Å². The molecule has 1 aliphatic heterocycles. The lowest BCUT2D eigenvalue weighted by Crippen LogP contribution is -2.25. The van der Waals surface area contributed by atoms with E-state index in [0.29, 0.717) is 19.4 Å². The molecule has 2 unspecified atom stereocenters. The molecule has 0 radical (unpaired) electrons. The Morgan fingerprint density at radius 3 is 2.75 bits per heavy atom. The molecule has 0 amide bonds. The molecule has 0 spiro atoms. The molecule has 1 aromatic heterocycles. The average molecular weight is 394 g/mol. The maximum absolute atomic E-state index is 11.3. The SMILES string of the molecule is Cc1nccn1-c1ccc(Sc2cccc(C3CC(C(=O)O)CCO3)c2)cc1. The Hall–Kier alpha value is -2.57. The number of aromatic nitrogens is 2. The van der Waals surface area contributed by atoms with Gasteiger partial charge in [0, 0.05) is 34.5 Å². The van der Waals surface area contributed by atoms with E-state index in [1.165, 1.54) is 0 Å². The molecule has 1 saturated heterocycles. The van der Waals surface area contributed by atoms with Gasteiger partial charge in [0.25, 0.3) is 0 Å². The Balaban J connectivity index is 1.48. The number of carboxylic acids is 1. The third-order valence-corrected chi connectivity index (χ3v) is 6.04. The largest absolute Gasteiger partial charge is 0.481 e. The number of hydrogen-bond acceptors (Lipinski definition) is 4. The molecule has 0 aliphatic carbocycles. The van der Waals surface area contributed by atoms with Crippen molar-refractivity contribution in [1.82, 2.24) is 9.55 Å². The number of benzene rings is 2. The summed E-state index contributed by atoms with van der Waals surface area (Å²) in [4.78, 5) is 17.8. The quantitative estimate of drug-likeness (QED) is 0.668. The number of hydrogen-bond donors (Lipinski definition) is 1. The van der Waals surface area contributed by atoms with Gasteiger partial charge in [-0.05, 0) is 61.7 Å². The zero-order valence-electron chi connectivity index (χ0n) is 15.6. The second-order valence-corrected chi connectivity index (χ2v) is 8.08. The standard InChI is InChI=1S/C22H22N2O3S/c1-15-23-10-11-24(15)18-5-7-19(8-6-18)28-20-4-2-3-16(13-20)21-14-17(22(25)26)9-12-27-21/h2-8,10-11,13,17,21H,9,12,14H2,1H3,(H,25,26). The molecule has 1 N–H and O–H groups in total. The summed E-state index contributed by atoms with van der Waals surface area (Å²) in [5, 5.41) is 9.30. The zero-order valence-corrected chi connectivity index (χ0v) is 16.4. The molecule has 144 valence electrons. The van der Waals surface area contributed by atoms with E-state index < -0.39 is 5.97 Å². The van der Waals surface area contributed by atoms with Crippen LogP contribution in [0.4, 0.5) is 0 Å². The van der Waals surface area contributed by atoms with Crippen LogP contribution < -0.4 is 0 Å². The Labute approximate surface area is 168 Å². The fourth-order valence-corrected chi connectivity index (χ4v) is 4.38. The first-order chi connectivity index (χ1) is 13.6. The number of carboxylic acid groups (broad SMARTS) is 1. The van der Waals surface area contributed by atoms with Gasteiger partial charge in [-0.2, -0.15) is 0 Å². The van der Waals surface area contributed by atoms with E-state index in [2.05, 4.69) is 41.4 Å². The van der Waals surface area contributed by atoms with Crippen LogP contribution in [-0.4, -0.2) is 27.2 Å². The third-order valence-electron chi connectivity index (χ3n) is 5.04. The Morgan fingerprint density at radius 1 is 1.21 bits per heavy atom. The second-order valence-electron chi connectivity index (χ2n) is 6.93. The lowest BCUT2D eigenvalue weighted by atomic mass is 9.92. The average Bonchev–Trinajstić information content (AvgIpc) is 3.15. The molecule has 1 aliphatic rings. The van der Waals surface area contributed by atoms with E-state index in [0.717, 1.165) is 26.9 Å². The molecule has 28 heavy (non-hydrogen) atoms. The molecule has 1 fully saturated rings. The zero-order chi connectivity index (χ0) is 19.5. The van der Waals surface area contributed by atoms with Gasteiger partial charge in [-0.3, -0.25) is 4.79 Å². The van der Waals surface area contributed by atoms with Crippen LogP contribution in [0.3, 0.4) is 0 Å². The number of carbonyl (C=O) groups is 1. The molecule has 4 rings (SSSR count). The summed E-state index contributed by atoms with van der Waals surface area (Å²) < 4.78 is 7.89. The van der Waals surface area contributed by atoms with Crippen molar-refractivity contribution in [2.45, 2.75) is 35.7 Å². The molecule has 6 heteroatoms. The van der Waals surface area contributed by atoms with Crippen LogP contribution in [0, 0.1) is 12.8 Å². The molecule has 2 atom stereocenters. The number of imidazole rings is 1. The van der Waals surface area contributed by atoms with Gasteiger partial charge in [-0.1, -0.05) is 23.9 Å². The van der Waals surface area contributed by atoms with Gasteiger partial charge >= 0.3 is 5.97 Å². The topological polar surface area (TPSA) is 64.4 Å². The molecule has 2 aromatic carbocycles. The summed E-state index contributed by atoms with van der Waals surface area (Å²) in [6.07, 6.45) is 4.72. The Morgan fingerprint density at radius 2 is 2.04 bits per heavy atom. The first-order valence-electron chi connectivity index (χ1n) is 9.33. The van der Waals surface area contributed by atoms with Crippen molar-refractivity contribution in [1.29, 1.82) is 0 Å². The Bertz CT molecular complexity index is 968. The van der Waals surface area contributed by atoms with Crippen molar-refractivity contribution >= 4 is 17.7 Å². The highest BCUT2D eigenvalue weighted by Crippen LogP contribution is 2.35. The summed E-state index contributed by atoms with van der Waals surface area (Å²) in [5.74, 6) is -0.0958. The van der Waals surface area contributed by atoms with Crippen LogP contribution in [0.2, 0.25) is 0 Å². The van der Waals surface area contributed by atoms with Crippen LogP contribution >= 0.6 is 11.8 Å². The molecular formula is C22H22N2O3S. The van der Waals surface area contributed by atoms with Crippen molar-refractivity contribution < 1.29 is 14.6 Å². The third kappa shape index (κ3) is 4.13. The normalized spacial score (nSPS) is 19.5. The number of aryl methyl sites for hydroxylation is 1. The molecule has 0 saturated carbocycles. The van der Waals surface area contributed by atoms with E-state index in [1.54, 1.807) is 18.0 Å². The van der Waals surface area contributed by atoms with Crippen LogP contribution in [0.1, 0.15) is 30.3 Å². The number of rotatable bonds is 5. The van der Waals surface area contributed by atoms with Gasteiger partial charge in [0.05, 0.1) is 12.0 Å². The van der Waals surface area contributed by atoms with E-state index in [4.69, 9.17) is 4.74 Å². The lowest BCUT2D eigenvalue weighted by Gasteiger charge is -2.27. The fourth-order valence-electron chi connectivity index (χ4n) is 3.49. The summed E-state index contributed by atoms with van der Waals surface area (Å²) in [6.45, 7) is 2.48. The Kier molecular flexibility index (Phi) is 5.50. The van der Waals surface area contributed by atoms with Gasteiger partial charge < -0.3 is 14.4 Å². The van der Waals surface area contributed by atoms with Crippen molar-refractivity contribution in [2.24, 2.45) is 5.92 Å². The van der Waals surface area contributed by atoms with Crippen molar-refractivity contribution in [3.63, 3.8) is 0 Å². The van der Waals surface area contributed by atoms with E-state index in [1.807, 2.05) is 29.8 Å². The van der Waals surface area contributed by atoms with Crippen LogP contribution in [0.5, 0.6) is 0 Å². The predicted molar refractivity (Wildman–Crippen MR) is 108 cm³/mol. The molecule has 5 nitrogen and oxygen atoms in total. The van der Waals surface area contributed by atoms with Gasteiger partial charge in [0.1, 0.15) is 5.82 Å². The first-order valence-corrected chi connectivity index (χ1v) is 10.1. The fraction of sp³-hybridized carbons (Fsp3) is 0.273. The maximum atomic E-state index is 11.3. The smallest absolute Gasteiger partial charge is 0.306 e. The van der Waals surface area contributed by atoms with Crippen LogP contribution in [0.25, 0.3) is 5.69 Å². The lowest BCUT2D eigenvalue weighted by molar-refractivity contribution is -0.147. The predicted octanol–water partition coefficient (Wildman–Crippen LogP) is 4.88. The highest BCUT2D eigenvalue weighted by Gasteiger charge is 2.28. The number of ether oxygens (including phenoxy) is 1. The molecule has 0 bridgehead atoms. The highest BCUT2D eigenvalue weighted by molar-refractivity contribution is 7.99. The first kappa shape index (κ1) is 18.8. The van der Waals surface area contributed by atoms with Crippen molar-refractivity contribution in [3.05, 3.63) is 72.3 Å². The number of nitrogens with zero attached hydrogens (tertiary/aromatic N) is 2. The summed E-state index contributed by atoms with van der Waals surface area (Å²) in [7, 11) is 0. The van der Waals surface area contributed by atoms with E-state index in [9.17, 15) is 9.90 Å². The minimum absolute atomic E-state index is 0.151.